The van der Waals surface area contributed by atoms with E-state index in [0.717, 1.165) is 22.6 Å². The molecule has 0 unspecified atom stereocenters. The highest BCUT2D eigenvalue weighted by atomic mass is 32.1. The highest BCUT2D eigenvalue weighted by molar-refractivity contribution is 7.07. The summed E-state index contributed by atoms with van der Waals surface area (Å²) in [5.41, 5.74) is 5.32. The van der Waals surface area contributed by atoms with Crippen molar-refractivity contribution < 1.29 is 28.5 Å². The van der Waals surface area contributed by atoms with Crippen molar-refractivity contribution in [2.45, 2.75) is 40.7 Å². The Morgan fingerprint density at radius 2 is 1.68 bits per heavy atom. The van der Waals surface area contributed by atoms with Gasteiger partial charge in [-0.05, 0) is 94.3 Å². The van der Waals surface area contributed by atoms with Crippen molar-refractivity contribution in [1.29, 1.82) is 0 Å². The van der Waals surface area contributed by atoms with Crippen molar-refractivity contribution in [3.63, 3.8) is 0 Å². The summed E-state index contributed by atoms with van der Waals surface area (Å²) in [7, 11) is 0. The van der Waals surface area contributed by atoms with Crippen molar-refractivity contribution >= 4 is 29.4 Å². The molecule has 6 rings (SSSR count). The molecule has 0 bridgehead atoms. The predicted molar refractivity (Wildman–Crippen MR) is 164 cm³/mol. The van der Waals surface area contributed by atoms with Gasteiger partial charge in [-0.2, -0.15) is 0 Å². The van der Waals surface area contributed by atoms with E-state index in [2.05, 4.69) is 9.56 Å². The van der Waals surface area contributed by atoms with E-state index in [1.54, 1.807) is 49.6 Å². The Labute approximate surface area is 257 Å². The van der Waals surface area contributed by atoms with Gasteiger partial charge in [0, 0.05) is 17.1 Å². The van der Waals surface area contributed by atoms with E-state index in [1.807, 2.05) is 44.2 Å². The molecular weight excluding hydrogens is 582 g/mol. The van der Waals surface area contributed by atoms with Gasteiger partial charge in [-0.1, -0.05) is 17.4 Å². The SMILES string of the molecule is CCOC(=O)C1=C(C)N=c2s/c(=C/c3cc(C)n(-c4ccc(C(=O)OCC)cc4)c3C)c(=O)n2[C@H]1c1ccc2c(c1)OCO2. The van der Waals surface area contributed by atoms with Crippen molar-refractivity contribution in [2.24, 2.45) is 4.99 Å². The fraction of sp³-hybridized carbons (Fsp3) is 0.273. The van der Waals surface area contributed by atoms with E-state index in [0.29, 0.717) is 49.8 Å². The number of aryl methyl sites for hydroxylation is 1. The number of benzene rings is 2. The number of hydrogen-bond acceptors (Lipinski definition) is 9. The van der Waals surface area contributed by atoms with Gasteiger partial charge in [0.25, 0.3) is 5.56 Å². The molecule has 1 atom stereocenters. The molecule has 2 aromatic heterocycles. The van der Waals surface area contributed by atoms with Gasteiger partial charge in [-0.3, -0.25) is 9.36 Å². The second kappa shape index (κ2) is 11.6. The molecular formula is C33H31N3O7S. The molecule has 0 spiro atoms. The summed E-state index contributed by atoms with van der Waals surface area (Å²) in [6.07, 6.45) is 1.86. The lowest BCUT2D eigenvalue weighted by Crippen LogP contribution is -2.39. The van der Waals surface area contributed by atoms with E-state index in [1.165, 1.54) is 11.3 Å². The van der Waals surface area contributed by atoms with Crippen LogP contribution in [0, 0.1) is 13.8 Å². The zero-order chi connectivity index (χ0) is 31.1. The number of carbonyl (C=O) groups excluding carboxylic acids is 2. The summed E-state index contributed by atoms with van der Waals surface area (Å²) in [5, 5.41) is 0. The molecule has 0 saturated carbocycles. The summed E-state index contributed by atoms with van der Waals surface area (Å²) < 4.78 is 25.7. The fourth-order valence-corrected chi connectivity index (χ4v) is 6.66. The maximum Gasteiger partial charge on any atom is 0.338 e. The second-order valence-corrected chi connectivity index (χ2v) is 11.4. The topological polar surface area (TPSA) is 110 Å². The minimum absolute atomic E-state index is 0.106. The van der Waals surface area contributed by atoms with E-state index in [-0.39, 0.29) is 24.9 Å². The molecule has 4 aromatic rings. The van der Waals surface area contributed by atoms with Gasteiger partial charge in [0.1, 0.15) is 0 Å². The maximum atomic E-state index is 14.1. The number of aromatic nitrogens is 2. The molecule has 0 fully saturated rings. The number of thiazole rings is 1. The monoisotopic (exact) mass is 613 g/mol. The Morgan fingerprint density at radius 1 is 0.977 bits per heavy atom. The second-order valence-electron chi connectivity index (χ2n) is 10.3. The van der Waals surface area contributed by atoms with Gasteiger partial charge in [0.15, 0.2) is 16.3 Å². The number of hydrogen-bond donors (Lipinski definition) is 0. The lowest BCUT2D eigenvalue weighted by atomic mass is 9.95. The smallest absolute Gasteiger partial charge is 0.338 e. The third-order valence-electron chi connectivity index (χ3n) is 7.62. The van der Waals surface area contributed by atoms with Gasteiger partial charge < -0.3 is 23.5 Å². The molecule has 2 aliphatic rings. The molecule has 2 aliphatic heterocycles. The van der Waals surface area contributed by atoms with Gasteiger partial charge in [-0.15, -0.1) is 0 Å². The maximum absolute atomic E-state index is 14.1. The quantitative estimate of drug-likeness (QED) is 0.289. The summed E-state index contributed by atoms with van der Waals surface area (Å²) >= 11 is 1.27. The van der Waals surface area contributed by atoms with Gasteiger partial charge in [-0.25, -0.2) is 14.6 Å². The summed E-state index contributed by atoms with van der Waals surface area (Å²) in [5.74, 6) is 0.260. The van der Waals surface area contributed by atoms with Crippen LogP contribution < -0.4 is 24.4 Å². The number of ether oxygens (including phenoxy) is 4. The Hall–Kier alpha value is -4.90. The van der Waals surface area contributed by atoms with Crippen LogP contribution in [0.15, 0.2) is 69.6 Å². The van der Waals surface area contributed by atoms with Crippen LogP contribution in [-0.2, 0) is 14.3 Å². The Morgan fingerprint density at radius 3 is 2.41 bits per heavy atom. The number of esters is 2. The Kier molecular flexibility index (Phi) is 7.73. The molecule has 44 heavy (non-hydrogen) atoms. The average molecular weight is 614 g/mol. The van der Waals surface area contributed by atoms with Crippen LogP contribution >= 0.6 is 11.3 Å². The summed E-state index contributed by atoms with van der Waals surface area (Å²) in [6.45, 7) is 9.84. The average Bonchev–Trinajstić information content (AvgIpc) is 3.67. The first-order valence-electron chi connectivity index (χ1n) is 14.3. The number of rotatable bonds is 7. The van der Waals surface area contributed by atoms with Crippen molar-refractivity contribution in [3.8, 4) is 17.2 Å². The standard InChI is InChI=1S/C33H31N3O7S/c1-6-40-31(38)21-8-11-24(12-9-21)35-18(3)14-23(20(35)5)16-27-30(37)36-29(22-10-13-25-26(15-22)43-17-42-25)28(32(39)41-7-2)19(4)34-33(36)44-27/h8-16,29H,6-7,17H2,1-5H3/b27-16+/t29-/m0/s1. The van der Waals surface area contributed by atoms with Gasteiger partial charge >= 0.3 is 11.9 Å². The first-order valence-corrected chi connectivity index (χ1v) is 15.1. The van der Waals surface area contributed by atoms with Crippen LogP contribution in [0.1, 0.15) is 59.7 Å². The minimum atomic E-state index is -0.757. The van der Waals surface area contributed by atoms with E-state index in [9.17, 15) is 14.4 Å². The highest BCUT2D eigenvalue weighted by Gasteiger charge is 2.34. The van der Waals surface area contributed by atoms with Gasteiger partial charge in [0.2, 0.25) is 6.79 Å². The van der Waals surface area contributed by atoms with E-state index in [4.69, 9.17) is 18.9 Å². The Bertz CT molecular complexity index is 2010. The van der Waals surface area contributed by atoms with Crippen LogP contribution in [-0.4, -0.2) is 41.1 Å². The fourth-order valence-electron chi connectivity index (χ4n) is 5.62. The van der Waals surface area contributed by atoms with Crippen LogP contribution in [0.2, 0.25) is 0 Å². The molecule has 10 nitrogen and oxygen atoms in total. The molecule has 11 heteroatoms. The normalized spacial score (nSPS) is 15.7. The van der Waals surface area contributed by atoms with Crippen molar-refractivity contribution in [1.82, 2.24) is 9.13 Å². The molecule has 0 N–H and O–H groups in total. The number of fused-ring (bicyclic) bond motifs is 2. The van der Waals surface area contributed by atoms with Crippen LogP contribution in [0.3, 0.4) is 0 Å². The number of nitrogens with zero attached hydrogens (tertiary/aromatic N) is 3. The lowest BCUT2D eigenvalue weighted by Gasteiger charge is -2.24. The highest BCUT2D eigenvalue weighted by Crippen LogP contribution is 2.38. The first kappa shape index (κ1) is 29.2. The molecule has 2 aromatic carbocycles. The zero-order valence-corrected chi connectivity index (χ0v) is 25.8. The minimum Gasteiger partial charge on any atom is -0.463 e. The third kappa shape index (κ3) is 5.02. The molecule has 4 heterocycles. The molecule has 0 radical (unpaired) electrons. The van der Waals surface area contributed by atoms with Crippen LogP contribution in [0.25, 0.3) is 11.8 Å². The van der Waals surface area contributed by atoms with E-state index < -0.39 is 12.0 Å². The summed E-state index contributed by atoms with van der Waals surface area (Å²) in [4.78, 5) is 44.6. The largest absolute Gasteiger partial charge is 0.463 e. The molecule has 226 valence electrons. The zero-order valence-electron chi connectivity index (χ0n) is 25.0. The predicted octanol–water partition coefficient (Wildman–Crippen LogP) is 4.11. The van der Waals surface area contributed by atoms with Crippen LogP contribution in [0.4, 0.5) is 0 Å². The van der Waals surface area contributed by atoms with Crippen molar-refractivity contribution in [3.05, 3.63) is 108 Å². The summed E-state index contributed by atoms with van der Waals surface area (Å²) in [6, 6.07) is 13.9. The molecule has 0 aliphatic carbocycles. The Balaban J connectivity index is 1.45. The van der Waals surface area contributed by atoms with Gasteiger partial charge in [0.05, 0.1) is 40.6 Å². The van der Waals surface area contributed by atoms with Crippen LogP contribution in [0.5, 0.6) is 11.5 Å². The molecule has 0 saturated heterocycles. The lowest BCUT2D eigenvalue weighted by molar-refractivity contribution is -0.139. The van der Waals surface area contributed by atoms with Crippen molar-refractivity contribution in [2.75, 3.05) is 20.0 Å². The number of allylic oxidation sites excluding steroid dienone is 1. The van der Waals surface area contributed by atoms with E-state index >= 15 is 0 Å². The first-order chi connectivity index (χ1) is 21.2. The molecule has 0 amide bonds. The third-order valence-corrected chi connectivity index (χ3v) is 8.61. The number of carbonyl (C=O) groups is 2.